The number of ether oxygens (including phenoxy) is 1. The Morgan fingerprint density at radius 3 is 2.41 bits per heavy atom. The molecular formula is C18H17ClO2S. The summed E-state index contributed by atoms with van der Waals surface area (Å²) in [5.74, 6) is 0.586. The fourth-order valence-electron chi connectivity index (χ4n) is 2.60. The third-order valence-electron chi connectivity index (χ3n) is 3.91. The summed E-state index contributed by atoms with van der Waals surface area (Å²) in [4.78, 5) is 12.9. The van der Waals surface area contributed by atoms with Crippen molar-refractivity contribution >= 4 is 29.3 Å². The molecule has 2 aromatic rings. The van der Waals surface area contributed by atoms with Crippen molar-refractivity contribution in [2.24, 2.45) is 0 Å². The van der Waals surface area contributed by atoms with E-state index in [2.05, 4.69) is 31.2 Å². The second kappa shape index (κ2) is 6.35. The molecule has 1 aliphatic rings. The molecular weight excluding hydrogens is 316 g/mol. The van der Waals surface area contributed by atoms with Crippen LogP contribution in [0.1, 0.15) is 24.0 Å². The summed E-state index contributed by atoms with van der Waals surface area (Å²) >= 11 is 7.68. The van der Waals surface area contributed by atoms with E-state index in [0.717, 1.165) is 5.56 Å². The van der Waals surface area contributed by atoms with Crippen molar-refractivity contribution in [3.8, 4) is 0 Å². The second-order valence-corrected chi connectivity index (χ2v) is 7.06. The van der Waals surface area contributed by atoms with Crippen molar-refractivity contribution in [1.29, 1.82) is 0 Å². The molecule has 1 atom stereocenters. The minimum Gasteiger partial charge on any atom is -0.453 e. The Hall–Kier alpha value is -1.45. The van der Waals surface area contributed by atoms with Crippen LogP contribution in [0.3, 0.4) is 0 Å². The van der Waals surface area contributed by atoms with E-state index < -0.39 is 5.60 Å². The Labute approximate surface area is 139 Å². The van der Waals surface area contributed by atoms with E-state index >= 15 is 0 Å². The molecule has 1 saturated heterocycles. The summed E-state index contributed by atoms with van der Waals surface area (Å²) in [7, 11) is 0. The SMILES string of the molecule is Cc1ccc(SC[C@@]2(c3ccc(Cl)cc3)CCC(=O)O2)cc1. The van der Waals surface area contributed by atoms with Crippen molar-refractivity contribution in [3.05, 3.63) is 64.7 Å². The zero-order chi connectivity index (χ0) is 15.6. The Morgan fingerprint density at radius 2 is 1.82 bits per heavy atom. The molecule has 1 fully saturated rings. The highest BCUT2D eigenvalue weighted by molar-refractivity contribution is 7.99. The number of aryl methyl sites for hydroxylation is 1. The molecule has 0 spiro atoms. The van der Waals surface area contributed by atoms with Crippen LogP contribution in [-0.4, -0.2) is 11.7 Å². The van der Waals surface area contributed by atoms with Crippen molar-refractivity contribution in [2.75, 3.05) is 5.75 Å². The normalized spacial score (nSPS) is 20.9. The van der Waals surface area contributed by atoms with Gasteiger partial charge in [0.15, 0.2) is 0 Å². The molecule has 0 amide bonds. The van der Waals surface area contributed by atoms with E-state index in [1.165, 1.54) is 10.5 Å². The highest BCUT2D eigenvalue weighted by Crippen LogP contribution is 2.41. The lowest BCUT2D eigenvalue weighted by atomic mass is 9.93. The first-order valence-electron chi connectivity index (χ1n) is 7.25. The Morgan fingerprint density at radius 1 is 1.14 bits per heavy atom. The molecule has 0 aliphatic carbocycles. The van der Waals surface area contributed by atoms with Crippen molar-refractivity contribution in [1.82, 2.24) is 0 Å². The van der Waals surface area contributed by atoms with Gasteiger partial charge in [-0.05, 0) is 36.8 Å². The zero-order valence-electron chi connectivity index (χ0n) is 12.3. The summed E-state index contributed by atoms with van der Waals surface area (Å²) in [5.41, 5.74) is 1.71. The fourth-order valence-corrected chi connectivity index (χ4v) is 3.82. The van der Waals surface area contributed by atoms with Gasteiger partial charge in [0.1, 0.15) is 5.60 Å². The minimum atomic E-state index is -0.544. The molecule has 4 heteroatoms. The number of hydrogen-bond acceptors (Lipinski definition) is 3. The quantitative estimate of drug-likeness (QED) is 0.584. The number of halogens is 1. The summed E-state index contributed by atoms with van der Waals surface area (Å²) in [6, 6.07) is 16.0. The number of carbonyl (C=O) groups is 1. The van der Waals surface area contributed by atoms with Gasteiger partial charge in [0.2, 0.25) is 0 Å². The van der Waals surface area contributed by atoms with Gasteiger partial charge in [0, 0.05) is 28.5 Å². The molecule has 114 valence electrons. The molecule has 0 N–H and O–H groups in total. The lowest BCUT2D eigenvalue weighted by molar-refractivity contribution is -0.147. The third kappa shape index (κ3) is 3.31. The van der Waals surface area contributed by atoms with Gasteiger partial charge >= 0.3 is 5.97 Å². The molecule has 1 aliphatic heterocycles. The van der Waals surface area contributed by atoms with Gasteiger partial charge in [-0.1, -0.05) is 41.4 Å². The van der Waals surface area contributed by atoms with Crippen LogP contribution in [0.5, 0.6) is 0 Å². The number of rotatable bonds is 4. The maximum atomic E-state index is 11.7. The van der Waals surface area contributed by atoms with Gasteiger partial charge in [-0.15, -0.1) is 11.8 Å². The van der Waals surface area contributed by atoms with Gasteiger partial charge in [0.05, 0.1) is 0 Å². The maximum absolute atomic E-state index is 11.7. The summed E-state index contributed by atoms with van der Waals surface area (Å²) in [5, 5.41) is 0.689. The fraction of sp³-hybridized carbons (Fsp3) is 0.278. The van der Waals surface area contributed by atoms with E-state index in [0.29, 0.717) is 23.6 Å². The average Bonchev–Trinajstić information content (AvgIpc) is 2.90. The molecule has 0 unspecified atom stereocenters. The third-order valence-corrected chi connectivity index (χ3v) is 5.37. The first-order chi connectivity index (χ1) is 10.6. The smallest absolute Gasteiger partial charge is 0.306 e. The average molecular weight is 333 g/mol. The minimum absolute atomic E-state index is 0.126. The lowest BCUT2D eigenvalue weighted by Crippen LogP contribution is -2.28. The Balaban J connectivity index is 1.82. The first-order valence-corrected chi connectivity index (χ1v) is 8.61. The van der Waals surface area contributed by atoms with Gasteiger partial charge in [0.25, 0.3) is 0 Å². The largest absolute Gasteiger partial charge is 0.453 e. The molecule has 3 rings (SSSR count). The van der Waals surface area contributed by atoms with Gasteiger partial charge in [-0.25, -0.2) is 0 Å². The molecule has 1 heterocycles. The predicted molar refractivity (Wildman–Crippen MR) is 90.4 cm³/mol. The number of carbonyl (C=O) groups excluding carboxylic acids is 1. The number of hydrogen-bond donors (Lipinski definition) is 0. The predicted octanol–water partition coefficient (Wildman–Crippen LogP) is 4.97. The highest BCUT2D eigenvalue weighted by atomic mass is 35.5. The van der Waals surface area contributed by atoms with Crippen LogP contribution in [-0.2, 0) is 15.1 Å². The van der Waals surface area contributed by atoms with Gasteiger partial charge in [-0.2, -0.15) is 0 Å². The Bertz CT molecular complexity index is 666. The molecule has 2 nitrogen and oxygen atoms in total. The number of thioether (sulfide) groups is 1. The van der Waals surface area contributed by atoms with Crippen LogP contribution in [0.25, 0.3) is 0 Å². The maximum Gasteiger partial charge on any atom is 0.306 e. The molecule has 22 heavy (non-hydrogen) atoms. The standard InChI is InChI=1S/C18H17ClO2S/c1-13-2-8-16(9-3-13)22-12-18(11-10-17(20)21-18)14-4-6-15(19)7-5-14/h2-9H,10-12H2,1H3/t18-/m1/s1. The van der Waals surface area contributed by atoms with Crippen LogP contribution < -0.4 is 0 Å². The second-order valence-electron chi connectivity index (χ2n) is 5.58. The summed E-state index contributed by atoms with van der Waals surface area (Å²) < 4.78 is 5.72. The van der Waals surface area contributed by atoms with Crippen molar-refractivity contribution in [3.63, 3.8) is 0 Å². The molecule has 0 bridgehead atoms. The summed E-state index contributed by atoms with van der Waals surface area (Å²) in [6.07, 6.45) is 1.18. The molecule has 0 aromatic heterocycles. The van der Waals surface area contributed by atoms with Crippen molar-refractivity contribution in [2.45, 2.75) is 30.3 Å². The van der Waals surface area contributed by atoms with E-state index in [1.54, 1.807) is 11.8 Å². The van der Waals surface area contributed by atoms with E-state index in [9.17, 15) is 4.79 Å². The zero-order valence-corrected chi connectivity index (χ0v) is 13.9. The van der Waals surface area contributed by atoms with Crippen LogP contribution in [0.4, 0.5) is 0 Å². The van der Waals surface area contributed by atoms with E-state index in [1.807, 2.05) is 24.3 Å². The number of cyclic esters (lactones) is 1. The lowest BCUT2D eigenvalue weighted by Gasteiger charge is -2.28. The van der Waals surface area contributed by atoms with Gasteiger partial charge < -0.3 is 4.74 Å². The molecule has 0 saturated carbocycles. The van der Waals surface area contributed by atoms with Crippen LogP contribution in [0, 0.1) is 6.92 Å². The van der Waals surface area contributed by atoms with Gasteiger partial charge in [-0.3, -0.25) is 4.79 Å². The molecule has 0 radical (unpaired) electrons. The number of benzene rings is 2. The molecule has 2 aromatic carbocycles. The summed E-state index contributed by atoms with van der Waals surface area (Å²) in [6.45, 7) is 2.07. The highest BCUT2D eigenvalue weighted by Gasteiger charge is 2.42. The van der Waals surface area contributed by atoms with E-state index in [4.69, 9.17) is 16.3 Å². The van der Waals surface area contributed by atoms with E-state index in [-0.39, 0.29) is 5.97 Å². The topological polar surface area (TPSA) is 26.3 Å². The van der Waals surface area contributed by atoms with Crippen molar-refractivity contribution < 1.29 is 9.53 Å². The van der Waals surface area contributed by atoms with Crippen LogP contribution in [0.15, 0.2) is 53.4 Å². The Kier molecular flexibility index (Phi) is 4.46. The van der Waals surface area contributed by atoms with Crippen LogP contribution >= 0.6 is 23.4 Å². The monoisotopic (exact) mass is 332 g/mol. The van der Waals surface area contributed by atoms with Crippen LogP contribution in [0.2, 0.25) is 5.02 Å². The first kappa shape index (κ1) is 15.4. The number of esters is 1.